The zero-order chi connectivity index (χ0) is 13.7. The molecule has 1 nitrogen and oxygen atoms in total. The maximum atomic E-state index is 4.07. The Morgan fingerprint density at radius 3 is 2.53 bits per heavy atom. The molecule has 0 aromatic heterocycles. The number of benzene rings is 2. The normalized spacial score (nSPS) is 10.8. The van der Waals surface area contributed by atoms with Crippen molar-refractivity contribution in [1.82, 2.24) is 0 Å². The molecule has 2 aromatic carbocycles. The minimum absolute atomic E-state index is 1.06. The molecular formula is C18H19N. The van der Waals surface area contributed by atoms with Crippen molar-refractivity contribution < 1.29 is 0 Å². The molecule has 0 heterocycles. The molecule has 96 valence electrons. The largest absolute Gasteiger partial charge is 0.296 e. The zero-order valence-corrected chi connectivity index (χ0v) is 11.6. The van der Waals surface area contributed by atoms with Gasteiger partial charge in [-0.1, -0.05) is 56.0 Å². The Kier molecular flexibility index (Phi) is 4.30. The van der Waals surface area contributed by atoms with E-state index in [-0.39, 0.29) is 0 Å². The van der Waals surface area contributed by atoms with Crippen LogP contribution in [0.3, 0.4) is 0 Å². The van der Waals surface area contributed by atoms with Crippen molar-refractivity contribution in [1.29, 1.82) is 0 Å². The standard InChI is InChI=1S/C18H19N/c1-4-14-7-6-8-16(11-14)17-9-10-18(13-19-3)15(5-2)12-17/h5-13H,2,4H2,1,3H3. The van der Waals surface area contributed by atoms with Crippen molar-refractivity contribution in [3.8, 4) is 11.1 Å². The van der Waals surface area contributed by atoms with Gasteiger partial charge in [0.2, 0.25) is 0 Å². The molecule has 0 N–H and O–H groups in total. The number of hydrogen-bond acceptors (Lipinski definition) is 1. The van der Waals surface area contributed by atoms with E-state index in [1.54, 1.807) is 7.05 Å². The van der Waals surface area contributed by atoms with Gasteiger partial charge in [-0.2, -0.15) is 0 Å². The number of aliphatic imine (C=N–C) groups is 1. The van der Waals surface area contributed by atoms with E-state index in [0.717, 1.165) is 17.5 Å². The first kappa shape index (κ1) is 13.3. The van der Waals surface area contributed by atoms with Crippen LogP contribution in [0.1, 0.15) is 23.6 Å². The van der Waals surface area contributed by atoms with Gasteiger partial charge in [0.15, 0.2) is 0 Å². The topological polar surface area (TPSA) is 12.4 Å². The number of nitrogens with zero attached hydrogens (tertiary/aromatic N) is 1. The maximum absolute atomic E-state index is 4.07. The minimum atomic E-state index is 1.06. The van der Waals surface area contributed by atoms with Crippen LogP contribution in [0, 0.1) is 0 Å². The zero-order valence-electron chi connectivity index (χ0n) is 11.6. The Morgan fingerprint density at radius 1 is 1.05 bits per heavy atom. The van der Waals surface area contributed by atoms with Gasteiger partial charge in [0, 0.05) is 13.3 Å². The highest BCUT2D eigenvalue weighted by atomic mass is 14.6. The number of hydrogen-bond donors (Lipinski definition) is 0. The molecule has 1 heteroatoms. The van der Waals surface area contributed by atoms with Crippen LogP contribution in [-0.4, -0.2) is 13.3 Å². The maximum Gasteiger partial charge on any atom is 0.0287 e. The van der Waals surface area contributed by atoms with Gasteiger partial charge < -0.3 is 0 Å². The van der Waals surface area contributed by atoms with Crippen molar-refractivity contribution in [2.45, 2.75) is 13.3 Å². The van der Waals surface area contributed by atoms with Crippen LogP contribution < -0.4 is 0 Å². The molecule has 0 fully saturated rings. The Bertz CT molecular complexity index is 609. The number of aryl methyl sites for hydroxylation is 1. The molecule has 0 atom stereocenters. The predicted molar refractivity (Wildman–Crippen MR) is 84.9 cm³/mol. The summed E-state index contributed by atoms with van der Waals surface area (Å²) < 4.78 is 0. The second kappa shape index (κ2) is 6.14. The molecular weight excluding hydrogens is 230 g/mol. The molecule has 0 unspecified atom stereocenters. The summed E-state index contributed by atoms with van der Waals surface area (Å²) >= 11 is 0. The van der Waals surface area contributed by atoms with Crippen LogP contribution in [-0.2, 0) is 6.42 Å². The summed E-state index contributed by atoms with van der Waals surface area (Å²) in [5.41, 5.74) is 6.05. The van der Waals surface area contributed by atoms with Crippen molar-refractivity contribution in [2.24, 2.45) is 4.99 Å². The summed E-state index contributed by atoms with van der Waals surface area (Å²) in [6.07, 6.45) is 4.80. The van der Waals surface area contributed by atoms with E-state index in [1.807, 2.05) is 12.3 Å². The van der Waals surface area contributed by atoms with E-state index in [1.165, 1.54) is 16.7 Å². The lowest BCUT2D eigenvalue weighted by Crippen LogP contribution is -1.89. The molecule has 0 amide bonds. The Balaban J connectivity index is 2.48. The van der Waals surface area contributed by atoms with Crippen LogP contribution in [0.5, 0.6) is 0 Å². The highest BCUT2D eigenvalue weighted by molar-refractivity contribution is 5.87. The minimum Gasteiger partial charge on any atom is -0.296 e. The number of rotatable bonds is 4. The smallest absolute Gasteiger partial charge is 0.0287 e. The third-order valence-corrected chi connectivity index (χ3v) is 3.24. The van der Waals surface area contributed by atoms with E-state index in [0.29, 0.717) is 0 Å². The second-order valence-electron chi connectivity index (χ2n) is 4.49. The lowest BCUT2D eigenvalue weighted by atomic mass is 9.98. The SMILES string of the molecule is C=Cc1cc(-c2cccc(CC)c2)ccc1C=NC. The van der Waals surface area contributed by atoms with Crippen molar-refractivity contribution >= 4 is 12.3 Å². The average molecular weight is 249 g/mol. The fourth-order valence-electron chi connectivity index (χ4n) is 2.16. The summed E-state index contributed by atoms with van der Waals surface area (Å²) in [4.78, 5) is 4.07. The van der Waals surface area contributed by atoms with Crippen molar-refractivity contribution in [3.63, 3.8) is 0 Å². The second-order valence-corrected chi connectivity index (χ2v) is 4.49. The molecule has 0 radical (unpaired) electrons. The molecule has 2 aromatic rings. The van der Waals surface area contributed by atoms with Gasteiger partial charge in [-0.15, -0.1) is 0 Å². The summed E-state index contributed by atoms with van der Waals surface area (Å²) in [5.74, 6) is 0. The van der Waals surface area contributed by atoms with E-state index in [2.05, 4.69) is 61.0 Å². The first-order chi connectivity index (χ1) is 9.28. The molecule has 0 saturated heterocycles. The Labute approximate surface area is 115 Å². The molecule has 19 heavy (non-hydrogen) atoms. The van der Waals surface area contributed by atoms with Gasteiger partial charge in [0.05, 0.1) is 0 Å². The third kappa shape index (κ3) is 3.00. The van der Waals surface area contributed by atoms with E-state index < -0.39 is 0 Å². The summed E-state index contributed by atoms with van der Waals surface area (Å²) in [5, 5.41) is 0. The van der Waals surface area contributed by atoms with Crippen LogP contribution in [0.4, 0.5) is 0 Å². The predicted octanol–water partition coefficient (Wildman–Crippen LogP) is 4.61. The van der Waals surface area contributed by atoms with Crippen molar-refractivity contribution in [3.05, 3.63) is 65.7 Å². The first-order valence-electron chi connectivity index (χ1n) is 6.56. The average Bonchev–Trinajstić information content (AvgIpc) is 2.48. The Hall–Kier alpha value is -2.15. The first-order valence-corrected chi connectivity index (χ1v) is 6.56. The lowest BCUT2D eigenvalue weighted by molar-refractivity contribution is 1.14. The fraction of sp³-hybridized carbons (Fsp3) is 0.167. The highest BCUT2D eigenvalue weighted by Gasteiger charge is 2.02. The Morgan fingerprint density at radius 2 is 1.84 bits per heavy atom. The molecule has 0 aliphatic heterocycles. The van der Waals surface area contributed by atoms with Crippen molar-refractivity contribution in [2.75, 3.05) is 7.05 Å². The summed E-state index contributed by atoms with van der Waals surface area (Å²) in [6.45, 7) is 6.06. The van der Waals surface area contributed by atoms with Crippen LogP contribution in [0.2, 0.25) is 0 Å². The monoisotopic (exact) mass is 249 g/mol. The molecule has 2 rings (SSSR count). The van der Waals surface area contributed by atoms with Gasteiger partial charge in [-0.05, 0) is 40.3 Å². The highest BCUT2D eigenvalue weighted by Crippen LogP contribution is 2.24. The third-order valence-electron chi connectivity index (χ3n) is 3.24. The van der Waals surface area contributed by atoms with Crippen LogP contribution in [0.15, 0.2) is 54.0 Å². The van der Waals surface area contributed by atoms with Gasteiger partial charge in [-0.3, -0.25) is 4.99 Å². The van der Waals surface area contributed by atoms with Gasteiger partial charge in [-0.25, -0.2) is 0 Å². The summed E-state index contributed by atoms with van der Waals surface area (Å²) in [7, 11) is 1.78. The van der Waals surface area contributed by atoms with Crippen LogP contribution in [0.25, 0.3) is 17.2 Å². The fourth-order valence-corrected chi connectivity index (χ4v) is 2.16. The van der Waals surface area contributed by atoms with E-state index >= 15 is 0 Å². The quantitative estimate of drug-likeness (QED) is 0.702. The van der Waals surface area contributed by atoms with Gasteiger partial charge in [0.1, 0.15) is 0 Å². The molecule has 0 aliphatic carbocycles. The van der Waals surface area contributed by atoms with Crippen LogP contribution >= 0.6 is 0 Å². The van der Waals surface area contributed by atoms with E-state index in [4.69, 9.17) is 0 Å². The summed E-state index contributed by atoms with van der Waals surface area (Å²) in [6, 6.07) is 15.1. The lowest BCUT2D eigenvalue weighted by Gasteiger charge is -2.07. The van der Waals surface area contributed by atoms with E-state index in [9.17, 15) is 0 Å². The van der Waals surface area contributed by atoms with Gasteiger partial charge >= 0.3 is 0 Å². The molecule has 0 bridgehead atoms. The molecule has 0 saturated carbocycles. The van der Waals surface area contributed by atoms with Gasteiger partial charge in [0.25, 0.3) is 0 Å². The molecule has 0 spiro atoms. The molecule has 0 aliphatic rings.